The summed E-state index contributed by atoms with van der Waals surface area (Å²) in [5.41, 5.74) is 0.963. The molecule has 1 aromatic carbocycles. The number of nitrogens with zero attached hydrogens (tertiary/aromatic N) is 1. The third kappa shape index (κ3) is 2.84. The number of rotatable bonds is 2. The van der Waals surface area contributed by atoms with Crippen LogP contribution < -0.4 is 0 Å². The molecule has 1 fully saturated rings. The summed E-state index contributed by atoms with van der Waals surface area (Å²) in [5.74, 6) is 0. The highest BCUT2D eigenvalue weighted by Crippen LogP contribution is 2.34. The number of pyridine rings is 1. The fraction of sp³-hybridized carbons (Fsp3) is 0.471. The summed E-state index contributed by atoms with van der Waals surface area (Å²) in [6.45, 7) is 4.67. The summed E-state index contributed by atoms with van der Waals surface area (Å²) in [6.07, 6.45) is 1.91. The first kappa shape index (κ1) is 13.5. The standard InChI is InChI=1S/C17H21NO2/c1-16(2)12-17(19,9-10-20-16)11-14-8-7-13-5-3-4-6-15(13)18-14/h3-8,19H,9-12H2,1-2H3. The summed E-state index contributed by atoms with van der Waals surface area (Å²) in [6, 6.07) is 12.2. The lowest BCUT2D eigenvalue weighted by Crippen LogP contribution is -2.47. The maximum atomic E-state index is 10.8. The number of para-hydroxylation sites is 1. The SMILES string of the molecule is CC1(C)CC(O)(Cc2ccc3ccccc3n2)CCO1. The van der Waals surface area contributed by atoms with Crippen molar-refractivity contribution in [1.82, 2.24) is 4.98 Å². The van der Waals surface area contributed by atoms with Gasteiger partial charge in [0.05, 0.1) is 23.3 Å². The van der Waals surface area contributed by atoms with Crippen molar-refractivity contribution < 1.29 is 9.84 Å². The Kier molecular flexibility index (Phi) is 3.27. The Morgan fingerprint density at radius 2 is 2.00 bits per heavy atom. The Labute approximate surface area is 119 Å². The van der Waals surface area contributed by atoms with E-state index in [2.05, 4.69) is 17.1 Å². The molecule has 0 amide bonds. The van der Waals surface area contributed by atoms with Gasteiger partial charge in [0, 0.05) is 23.9 Å². The molecule has 2 aromatic rings. The minimum absolute atomic E-state index is 0.260. The van der Waals surface area contributed by atoms with Gasteiger partial charge in [-0.3, -0.25) is 4.98 Å². The van der Waals surface area contributed by atoms with Gasteiger partial charge < -0.3 is 9.84 Å². The predicted octanol–water partition coefficient (Wildman–Crippen LogP) is 3.10. The van der Waals surface area contributed by atoms with Crippen LogP contribution in [0.3, 0.4) is 0 Å². The first-order valence-corrected chi connectivity index (χ1v) is 7.17. The maximum absolute atomic E-state index is 10.8. The first-order valence-electron chi connectivity index (χ1n) is 7.17. The summed E-state index contributed by atoms with van der Waals surface area (Å²) in [4.78, 5) is 4.66. The average Bonchev–Trinajstić information content (AvgIpc) is 2.36. The van der Waals surface area contributed by atoms with Gasteiger partial charge in [0.1, 0.15) is 0 Å². The van der Waals surface area contributed by atoms with E-state index in [1.165, 1.54) is 0 Å². The van der Waals surface area contributed by atoms with Crippen molar-refractivity contribution in [2.45, 2.75) is 44.3 Å². The molecule has 1 aliphatic rings. The maximum Gasteiger partial charge on any atom is 0.0752 e. The Hall–Kier alpha value is -1.45. The molecular formula is C17H21NO2. The van der Waals surface area contributed by atoms with Crippen LogP contribution in [0.4, 0.5) is 0 Å². The minimum atomic E-state index is -0.711. The summed E-state index contributed by atoms with van der Waals surface area (Å²) < 4.78 is 5.69. The van der Waals surface area contributed by atoms with Crippen LogP contribution in [-0.2, 0) is 11.2 Å². The van der Waals surface area contributed by atoms with Gasteiger partial charge >= 0.3 is 0 Å². The molecule has 1 atom stereocenters. The van der Waals surface area contributed by atoms with Crippen LogP contribution in [0.25, 0.3) is 10.9 Å². The van der Waals surface area contributed by atoms with Crippen LogP contribution >= 0.6 is 0 Å². The van der Waals surface area contributed by atoms with Gasteiger partial charge in [0.2, 0.25) is 0 Å². The van der Waals surface area contributed by atoms with Crippen molar-refractivity contribution in [1.29, 1.82) is 0 Å². The number of fused-ring (bicyclic) bond motifs is 1. The number of aromatic nitrogens is 1. The molecular weight excluding hydrogens is 250 g/mol. The zero-order valence-electron chi connectivity index (χ0n) is 12.1. The first-order chi connectivity index (χ1) is 9.46. The van der Waals surface area contributed by atoms with Gasteiger partial charge in [-0.15, -0.1) is 0 Å². The molecule has 0 saturated carbocycles. The molecule has 3 nitrogen and oxygen atoms in total. The Morgan fingerprint density at radius 3 is 2.80 bits per heavy atom. The number of hydrogen-bond donors (Lipinski definition) is 1. The minimum Gasteiger partial charge on any atom is -0.389 e. The quantitative estimate of drug-likeness (QED) is 0.912. The molecule has 3 rings (SSSR count). The van der Waals surface area contributed by atoms with Crippen LogP contribution in [0.15, 0.2) is 36.4 Å². The third-order valence-corrected chi connectivity index (χ3v) is 3.98. The second-order valence-corrected chi connectivity index (χ2v) is 6.43. The molecule has 106 valence electrons. The van der Waals surface area contributed by atoms with Crippen LogP contribution in [-0.4, -0.2) is 27.9 Å². The lowest BCUT2D eigenvalue weighted by molar-refractivity contribution is -0.143. The molecule has 2 heterocycles. The molecule has 20 heavy (non-hydrogen) atoms. The summed E-state index contributed by atoms with van der Waals surface area (Å²) in [5, 5.41) is 11.9. The molecule has 3 heteroatoms. The second-order valence-electron chi connectivity index (χ2n) is 6.43. The van der Waals surface area contributed by atoms with Crippen molar-refractivity contribution in [2.24, 2.45) is 0 Å². The monoisotopic (exact) mass is 271 g/mol. The topological polar surface area (TPSA) is 42.4 Å². The zero-order valence-corrected chi connectivity index (χ0v) is 12.1. The fourth-order valence-corrected chi connectivity index (χ4v) is 3.14. The highest BCUT2D eigenvalue weighted by molar-refractivity contribution is 5.78. The van der Waals surface area contributed by atoms with E-state index >= 15 is 0 Å². The highest BCUT2D eigenvalue weighted by Gasteiger charge is 2.39. The van der Waals surface area contributed by atoms with Gasteiger partial charge in [-0.2, -0.15) is 0 Å². The van der Waals surface area contributed by atoms with Gasteiger partial charge in [0.15, 0.2) is 0 Å². The molecule has 1 aromatic heterocycles. The number of hydrogen-bond acceptors (Lipinski definition) is 3. The molecule has 0 aliphatic carbocycles. The van der Waals surface area contributed by atoms with Gasteiger partial charge in [0.25, 0.3) is 0 Å². The number of benzene rings is 1. The molecule has 0 bridgehead atoms. The van der Waals surface area contributed by atoms with E-state index in [-0.39, 0.29) is 5.60 Å². The normalized spacial score (nSPS) is 25.8. The lowest BCUT2D eigenvalue weighted by Gasteiger charge is -2.41. The van der Waals surface area contributed by atoms with E-state index in [1.807, 2.05) is 38.1 Å². The lowest BCUT2D eigenvalue weighted by atomic mass is 9.81. The van der Waals surface area contributed by atoms with E-state index < -0.39 is 5.60 Å². The van der Waals surface area contributed by atoms with Crippen molar-refractivity contribution in [3.8, 4) is 0 Å². The largest absolute Gasteiger partial charge is 0.389 e. The number of aliphatic hydroxyl groups is 1. The Bertz CT molecular complexity index is 623. The fourth-order valence-electron chi connectivity index (χ4n) is 3.14. The van der Waals surface area contributed by atoms with Crippen LogP contribution in [0.5, 0.6) is 0 Å². The molecule has 1 unspecified atom stereocenters. The smallest absolute Gasteiger partial charge is 0.0752 e. The van der Waals surface area contributed by atoms with Crippen molar-refractivity contribution in [3.05, 3.63) is 42.1 Å². The van der Waals surface area contributed by atoms with Gasteiger partial charge in [-0.05, 0) is 32.4 Å². The zero-order chi connectivity index (χ0) is 14.2. The van der Waals surface area contributed by atoms with Gasteiger partial charge in [-0.1, -0.05) is 24.3 Å². The summed E-state index contributed by atoms with van der Waals surface area (Å²) in [7, 11) is 0. The third-order valence-electron chi connectivity index (χ3n) is 3.98. The second kappa shape index (κ2) is 4.83. The summed E-state index contributed by atoms with van der Waals surface area (Å²) >= 11 is 0. The Balaban J connectivity index is 1.85. The molecule has 1 N–H and O–H groups in total. The molecule has 1 aliphatic heterocycles. The van der Waals surface area contributed by atoms with E-state index in [1.54, 1.807) is 0 Å². The van der Waals surface area contributed by atoms with Crippen molar-refractivity contribution in [2.75, 3.05) is 6.61 Å². The van der Waals surface area contributed by atoms with E-state index in [0.717, 1.165) is 16.6 Å². The van der Waals surface area contributed by atoms with Crippen molar-refractivity contribution >= 4 is 10.9 Å². The van der Waals surface area contributed by atoms with Crippen LogP contribution in [0.1, 0.15) is 32.4 Å². The van der Waals surface area contributed by atoms with Gasteiger partial charge in [-0.25, -0.2) is 0 Å². The van der Waals surface area contributed by atoms with Crippen LogP contribution in [0.2, 0.25) is 0 Å². The van der Waals surface area contributed by atoms with Crippen LogP contribution in [0, 0.1) is 0 Å². The predicted molar refractivity (Wildman–Crippen MR) is 79.7 cm³/mol. The molecule has 0 spiro atoms. The van der Waals surface area contributed by atoms with E-state index in [4.69, 9.17) is 4.74 Å². The van der Waals surface area contributed by atoms with E-state index in [0.29, 0.717) is 25.9 Å². The highest BCUT2D eigenvalue weighted by atomic mass is 16.5. The Morgan fingerprint density at radius 1 is 1.20 bits per heavy atom. The van der Waals surface area contributed by atoms with Crippen molar-refractivity contribution in [3.63, 3.8) is 0 Å². The number of ether oxygens (including phenoxy) is 1. The molecule has 1 saturated heterocycles. The molecule has 0 radical (unpaired) electrons. The average molecular weight is 271 g/mol. The van der Waals surface area contributed by atoms with E-state index in [9.17, 15) is 5.11 Å².